The Morgan fingerprint density at radius 3 is 2.47 bits per heavy atom. The molecule has 0 atom stereocenters. The maximum Gasteiger partial charge on any atom is 0.360 e. The summed E-state index contributed by atoms with van der Waals surface area (Å²) in [7, 11) is 0. The van der Waals surface area contributed by atoms with Crippen LogP contribution in [0.15, 0.2) is 42.6 Å². The van der Waals surface area contributed by atoms with E-state index in [2.05, 4.69) is 19.7 Å². The SMILES string of the molecule is CC(C)(C)C(=O)OOC(=O)CCCN1CCC(OCc2ncccc2-c2ccc(Cl)cc2)CC1. The first-order chi connectivity index (χ1) is 16.2. The molecule has 0 radical (unpaired) electrons. The number of ether oxygens (including phenoxy) is 1. The Morgan fingerprint density at radius 2 is 1.79 bits per heavy atom. The van der Waals surface area contributed by atoms with Crippen molar-refractivity contribution in [3.63, 3.8) is 0 Å². The number of halogens is 1. The molecule has 34 heavy (non-hydrogen) atoms. The molecule has 0 saturated carbocycles. The number of rotatable bonds is 8. The van der Waals surface area contributed by atoms with Gasteiger partial charge in [-0.3, -0.25) is 4.98 Å². The van der Waals surface area contributed by atoms with Gasteiger partial charge in [-0.1, -0.05) is 29.8 Å². The van der Waals surface area contributed by atoms with Gasteiger partial charge in [-0.25, -0.2) is 19.4 Å². The summed E-state index contributed by atoms with van der Waals surface area (Å²) in [6.07, 6.45) is 4.68. The normalized spacial score (nSPS) is 15.2. The molecule has 0 unspecified atom stereocenters. The predicted molar refractivity (Wildman–Crippen MR) is 130 cm³/mol. The van der Waals surface area contributed by atoms with E-state index in [1.54, 1.807) is 27.0 Å². The number of aromatic nitrogens is 1. The van der Waals surface area contributed by atoms with E-state index >= 15 is 0 Å². The Kier molecular flexibility index (Phi) is 9.45. The topological polar surface area (TPSA) is 78.0 Å². The lowest BCUT2D eigenvalue weighted by Gasteiger charge is -2.31. The first-order valence-electron chi connectivity index (χ1n) is 11.7. The lowest BCUT2D eigenvalue weighted by Crippen LogP contribution is -2.37. The molecule has 2 heterocycles. The monoisotopic (exact) mass is 488 g/mol. The summed E-state index contributed by atoms with van der Waals surface area (Å²) < 4.78 is 6.19. The Balaban J connectivity index is 1.36. The number of hydrogen-bond donors (Lipinski definition) is 0. The van der Waals surface area contributed by atoms with Crippen LogP contribution in [0.2, 0.25) is 5.02 Å². The molecule has 1 saturated heterocycles. The molecule has 2 aromatic rings. The van der Waals surface area contributed by atoms with Crippen molar-refractivity contribution in [3.05, 3.63) is 53.3 Å². The van der Waals surface area contributed by atoms with Crippen LogP contribution in [0, 0.1) is 5.41 Å². The van der Waals surface area contributed by atoms with Crippen molar-refractivity contribution < 1.29 is 24.1 Å². The highest BCUT2D eigenvalue weighted by atomic mass is 35.5. The third kappa shape index (κ3) is 8.08. The van der Waals surface area contributed by atoms with E-state index in [1.165, 1.54) is 0 Å². The fraction of sp³-hybridized carbons (Fsp3) is 0.500. The second-order valence-corrected chi connectivity index (χ2v) is 9.97. The van der Waals surface area contributed by atoms with Crippen LogP contribution in [0.3, 0.4) is 0 Å². The molecule has 1 aromatic carbocycles. The van der Waals surface area contributed by atoms with Crippen LogP contribution < -0.4 is 0 Å². The molecule has 184 valence electrons. The Morgan fingerprint density at radius 1 is 1.09 bits per heavy atom. The lowest BCUT2D eigenvalue weighted by atomic mass is 9.98. The number of carbonyl (C=O) groups is 2. The van der Waals surface area contributed by atoms with Gasteiger partial charge in [0.25, 0.3) is 0 Å². The summed E-state index contributed by atoms with van der Waals surface area (Å²) in [5.41, 5.74) is 2.33. The second-order valence-electron chi connectivity index (χ2n) is 9.54. The Bertz CT molecular complexity index is 950. The van der Waals surface area contributed by atoms with Crippen molar-refractivity contribution in [2.75, 3.05) is 19.6 Å². The number of pyridine rings is 1. The van der Waals surface area contributed by atoms with Crippen LogP contribution in [0.1, 0.15) is 52.1 Å². The summed E-state index contributed by atoms with van der Waals surface area (Å²) in [5.74, 6) is -1.09. The molecule has 1 aliphatic heterocycles. The minimum Gasteiger partial charge on any atom is -0.372 e. The predicted octanol–water partition coefficient (Wildman–Crippen LogP) is 5.21. The standard InChI is InChI=1S/C26H33ClN2O5/c1-26(2,3)25(31)34-33-24(30)7-5-15-29-16-12-21(13-17-29)32-18-23-22(6-4-14-28-23)19-8-10-20(27)11-9-19/h4,6,8-11,14,21H,5,7,12-13,15-18H2,1-3H3. The third-order valence-electron chi connectivity index (χ3n) is 5.71. The van der Waals surface area contributed by atoms with Crippen LogP contribution in [-0.2, 0) is 30.7 Å². The highest BCUT2D eigenvalue weighted by Gasteiger charge is 2.26. The molecule has 0 amide bonds. The molecule has 3 rings (SSSR count). The van der Waals surface area contributed by atoms with Crippen molar-refractivity contribution in [1.82, 2.24) is 9.88 Å². The van der Waals surface area contributed by atoms with Gasteiger partial charge in [-0.2, -0.15) is 0 Å². The number of nitrogens with zero attached hydrogens (tertiary/aromatic N) is 2. The largest absolute Gasteiger partial charge is 0.372 e. The van der Waals surface area contributed by atoms with Gasteiger partial charge in [0.1, 0.15) is 0 Å². The van der Waals surface area contributed by atoms with Crippen molar-refractivity contribution in [2.45, 2.75) is 59.2 Å². The van der Waals surface area contributed by atoms with Gasteiger partial charge in [0, 0.05) is 29.9 Å². The van der Waals surface area contributed by atoms with Crippen LogP contribution >= 0.6 is 11.6 Å². The quantitative estimate of drug-likeness (QED) is 0.372. The van der Waals surface area contributed by atoms with Gasteiger partial charge >= 0.3 is 11.9 Å². The van der Waals surface area contributed by atoms with Crippen LogP contribution in [0.4, 0.5) is 0 Å². The summed E-state index contributed by atoms with van der Waals surface area (Å²) in [5, 5.41) is 0.707. The summed E-state index contributed by atoms with van der Waals surface area (Å²) in [6, 6.07) is 11.7. The maximum atomic E-state index is 11.8. The molecule has 1 aliphatic rings. The smallest absolute Gasteiger partial charge is 0.360 e. The molecule has 0 N–H and O–H groups in total. The minimum absolute atomic E-state index is 0.179. The van der Waals surface area contributed by atoms with E-state index in [9.17, 15) is 9.59 Å². The minimum atomic E-state index is -0.708. The summed E-state index contributed by atoms with van der Waals surface area (Å²) in [6.45, 7) is 8.16. The van der Waals surface area contributed by atoms with Crippen LogP contribution in [-0.4, -0.2) is 47.6 Å². The number of likely N-dealkylation sites (tertiary alicyclic amines) is 1. The van der Waals surface area contributed by atoms with Gasteiger partial charge in [-0.05, 0) is 70.3 Å². The molecule has 0 spiro atoms. The molecule has 7 nitrogen and oxygen atoms in total. The zero-order valence-electron chi connectivity index (χ0n) is 20.1. The third-order valence-corrected chi connectivity index (χ3v) is 5.97. The molecule has 0 bridgehead atoms. The molecule has 1 aromatic heterocycles. The zero-order valence-corrected chi connectivity index (χ0v) is 20.8. The zero-order chi connectivity index (χ0) is 24.6. The van der Waals surface area contributed by atoms with Crippen LogP contribution in [0.25, 0.3) is 11.1 Å². The van der Waals surface area contributed by atoms with E-state index in [0.29, 0.717) is 18.1 Å². The molecule has 0 aliphatic carbocycles. The lowest BCUT2D eigenvalue weighted by molar-refractivity contribution is -0.265. The van der Waals surface area contributed by atoms with Crippen molar-refractivity contribution in [2.24, 2.45) is 5.41 Å². The number of piperidine rings is 1. The van der Waals surface area contributed by atoms with Crippen LogP contribution in [0.5, 0.6) is 0 Å². The average Bonchev–Trinajstić information content (AvgIpc) is 2.82. The summed E-state index contributed by atoms with van der Waals surface area (Å²) >= 11 is 6.02. The van der Waals surface area contributed by atoms with Crippen molar-refractivity contribution in [3.8, 4) is 11.1 Å². The highest BCUT2D eigenvalue weighted by Crippen LogP contribution is 2.25. The van der Waals surface area contributed by atoms with E-state index in [0.717, 1.165) is 49.3 Å². The number of hydrogen-bond acceptors (Lipinski definition) is 7. The first kappa shape index (κ1) is 26.1. The number of carbonyl (C=O) groups excluding carboxylic acids is 2. The fourth-order valence-corrected chi connectivity index (χ4v) is 3.77. The van der Waals surface area contributed by atoms with Gasteiger partial charge in [-0.15, -0.1) is 0 Å². The highest BCUT2D eigenvalue weighted by molar-refractivity contribution is 6.30. The first-order valence-corrected chi connectivity index (χ1v) is 12.1. The van der Waals surface area contributed by atoms with Crippen molar-refractivity contribution in [1.29, 1.82) is 0 Å². The molecule has 1 fully saturated rings. The van der Waals surface area contributed by atoms with E-state index in [4.69, 9.17) is 16.3 Å². The van der Waals surface area contributed by atoms with E-state index in [-0.39, 0.29) is 12.5 Å². The fourth-order valence-electron chi connectivity index (χ4n) is 3.64. The molecule has 8 heteroatoms. The number of benzene rings is 1. The van der Waals surface area contributed by atoms with Gasteiger partial charge in [0.2, 0.25) is 0 Å². The van der Waals surface area contributed by atoms with E-state index < -0.39 is 17.4 Å². The van der Waals surface area contributed by atoms with E-state index in [1.807, 2.05) is 36.4 Å². The molecular weight excluding hydrogens is 456 g/mol. The average molecular weight is 489 g/mol. The molecular formula is C26H33ClN2O5. The van der Waals surface area contributed by atoms with Crippen molar-refractivity contribution >= 4 is 23.5 Å². The van der Waals surface area contributed by atoms with Gasteiger partial charge < -0.3 is 9.64 Å². The summed E-state index contributed by atoms with van der Waals surface area (Å²) in [4.78, 5) is 39.5. The maximum absolute atomic E-state index is 11.8. The van der Waals surface area contributed by atoms with Gasteiger partial charge in [0.05, 0.1) is 30.2 Å². The van der Waals surface area contributed by atoms with Gasteiger partial charge in [0.15, 0.2) is 0 Å². The Labute approximate surface area is 206 Å². The second kappa shape index (κ2) is 12.3. The Hall–Kier alpha value is -2.48.